The summed E-state index contributed by atoms with van der Waals surface area (Å²) in [6.45, 7) is 1.93. The third-order valence-electron chi connectivity index (χ3n) is 2.84. The summed E-state index contributed by atoms with van der Waals surface area (Å²) in [5, 5.41) is 2.58. The lowest BCUT2D eigenvalue weighted by Crippen LogP contribution is -2.23. The number of carbonyl (C=O) groups excluding carboxylic acids is 1. The monoisotopic (exact) mass is 322 g/mol. The summed E-state index contributed by atoms with van der Waals surface area (Å²) < 4.78 is 39.0. The Bertz CT molecular complexity index is 774. The molecule has 7 heteroatoms. The molecule has 0 aliphatic carbocycles. The van der Waals surface area contributed by atoms with Gasteiger partial charge in [0.25, 0.3) is 5.91 Å². The molecule has 0 saturated heterocycles. The largest absolute Gasteiger partial charge is 0.322 e. The number of halogens is 1. The van der Waals surface area contributed by atoms with E-state index in [9.17, 15) is 17.6 Å². The van der Waals surface area contributed by atoms with Gasteiger partial charge in [0.2, 0.25) is 10.0 Å². The van der Waals surface area contributed by atoms with Gasteiger partial charge in [-0.2, -0.15) is 0 Å². The number of hydrogen-bond donors (Lipinski definition) is 2. The Kier molecular flexibility index (Phi) is 4.89. The molecule has 0 radical (unpaired) electrons. The molecule has 2 aromatic rings. The predicted octanol–water partition coefficient (Wildman–Crippen LogP) is 2.38. The van der Waals surface area contributed by atoms with Crippen LogP contribution in [0.1, 0.15) is 17.3 Å². The lowest BCUT2D eigenvalue weighted by molar-refractivity contribution is 0.102. The molecule has 0 aliphatic rings. The van der Waals surface area contributed by atoms with Gasteiger partial charge in [-0.25, -0.2) is 17.5 Å². The SMILES string of the molecule is CCNS(=O)(=O)c1cccc(C(=O)Nc2ccc(F)cc2)c1. The predicted molar refractivity (Wildman–Crippen MR) is 81.7 cm³/mol. The van der Waals surface area contributed by atoms with Crippen molar-refractivity contribution in [3.63, 3.8) is 0 Å². The van der Waals surface area contributed by atoms with Gasteiger partial charge in [-0.15, -0.1) is 0 Å². The average Bonchev–Trinajstić information content (AvgIpc) is 2.50. The van der Waals surface area contributed by atoms with Crippen molar-refractivity contribution >= 4 is 21.6 Å². The summed E-state index contributed by atoms with van der Waals surface area (Å²) in [5.74, 6) is -0.878. The first-order chi connectivity index (χ1) is 10.4. The van der Waals surface area contributed by atoms with Crippen LogP contribution in [0.3, 0.4) is 0 Å². The fourth-order valence-electron chi connectivity index (χ4n) is 1.81. The topological polar surface area (TPSA) is 75.3 Å². The van der Waals surface area contributed by atoms with E-state index in [0.29, 0.717) is 5.69 Å². The molecule has 0 fully saturated rings. The molecule has 0 atom stereocenters. The van der Waals surface area contributed by atoms with Crippen LogP contribution in [0, 0.1) is 5.82 Å². The highest BCUT2D eigenvalue weighted by Crippen LogP contribution is 2.14. The van der Waals surface area contributed by atoms with Crippen molar-refractivity contribution in [1.82, 2.24) is 4.72 Å². The Labute approximate surface area is 128 Å². The summed E-state index contributed by atoms with van der Waals surface area (Å²) in [5.41, 5.74) is 0.620. The molecule has 0 bridgehead atoms. The summed E-state index contributed by atoms with van der Waals surface area (Å²) in [7, 11) is -3.62. The fraction of sp³-hybridized carbons (Fsp3) is 0.133. The van der Waals surface area contributed by atoms with Gasteiger partial charge in [-0.3, -0.25) is 4.79 Å². The number of benzene rings is 2. The van der Waals surface area contributed by atoms with E-state index < -0.39 is 21.7 Å². The highest BCUT2D eigenvalue weighted by molar-refractivity contribution is 7.89. The molecule has 0 saturated carbocycles. The quantitative estimate of drug-likeness (QED) is 0.887. The van der Waals surface area contributed by atoms with Crippen LogP contribution >= 0.6 is 0 Å². The van der Waals surface area contributed by atoms with Gasteiger partial charge in [0.05, 0.1) is 4.90 Å². The zero-order valence-corrected chi connectivity index (χ0v) is 12.7. The van der Waals surface area contributed by atoms with Gasteiger partial charge < -0.3 is 5.32 Å². The second-order valence-corrected chi connectivity index (χ2v) is 6.26. The highest BCUT2D eigenvalue weighted by Gasteiger charge is 2.15. The molecule has 22 heavy (non-hydrogen) atoms. The van der Waals surface area contributed by atoms with E-state index in [1.165, 1.54) is 48.5 Å². The fourth-order valence-corrected chi connectivity index (χ4v) is 2.90. The van der Waals surface area contributed by atoms with E-state index in [-0.39, 0.29) is 17.0 Å². The average molecular weight is 322 g/mol. The number of nitrogens with one attached hydrogen (secondary N) is 2. The molecule has 2 N–H and O–H groups in total. The van der Waals surface area contributed by atoms with Crippen LogP contribution in [0.4, 0.5) is 10.1 Å². The third kappa shape index (κ3) is 3.90. The second kappa shape index (κ2) is 6.67. The normalized spacial score (nSPS) is 11.2. The number of carbonyl (C=O) groups is 1. The van der Waals surface area contributed by atoms with E-state index >= 15 is 0 Å². The molecule has 1 amide bonds. The molecule has 0 spiro atoms. The maximum absolute atomic E-state index is 12.8. The third-order valence-corrected chi connectivity index (χ3v) is 4.39. The minimum Gasteiger partial charge on any atom is -0.322 e. The number of anilines is 1. The summed E-state index contributed by atoms with van der Waals surface area (Å²) >= 11 is 0. The first kappa shape index (κ1) is 16.1. The van der Waals surface area contributed by atoms with E-state index in [1.807, 2.05) is 0 Å². The smallest absolute Gasteiger partial charge is 0.255 e. The minimum absolute atomic E-state index is 0.0149. The Morgan fingerprint density at radius 2 is 1.82 bits per heavy atom. The minimum atomic E-state index is -3.62. The number of rotatable bonds is 5. The molecule has 2 aromatic carbocycles. The van der Waals surface area contributed by atoms with Crippen molar-refractivity contribution in [1.29, 1.82) is 0 Å². The Morgan fingerprint density at radius 3 is 2.45 bits per heavy atom. The number of hydrogen-bond acceptors (Lipinski definition) is 3. The highest BCUT2D eigenvalue weighted by atomic mass is 32.2. The van der Waals surface area contributed by atoms with Gasteiger partial charge in [-0.05, 0) is 42.5 Å². The lowest BCUT2D eigenvalue weighted by atomic mass is 10.2. The Morgan fingerprint density at radius 1 is 1.14 bits per heavy atom. The first-order valence-electron chi connectivity index (χ1n) is 6.59. The molecule has 0 unspecified atom stereocenters. The molecule has 0 aromatic heterocycles. The van der Waals surface area contributed by atoms with Crippen molar-refractivity contribution < 1.29 is 17.6 Å². The zero-order valence-electron chi connectivity index (χ0n) is 11.8. The summed E-state index contributed by atoms with van der Waals surface area (Å²) in [6.07, 6.45) is 0. The van der Waals surface area contributed by atoms with E-state index in [0.717, 1.165) is 0 Å². The van der Waals surface area contributed by atoms with Gasteiger partial charge in [0.15, 0.2) is 0 Å². The maximum atomic E-state index is 12.8. The van der Waals surface area contributed by atoms with Gasteiger partial charge in [-0.1, -0.05) is 13.0 Å². The van der Waals surface area contributed by atoms with Crippen molar-refractivity contribution in [3.05, 3.63) is 59.9 Å². The molecule has 116 valence electrons. The molecule has 0 aliphatic heterocycles. The Hall–Kier alpha value is -2.25. The molecule has 2 rings (SSSR count). The molecule has 5 nitrogen and oxygen atoms in total. The van der Waals surface area contributed by atoms with E-state index in [4.69, 9.17) is 0 Å². The number of amides is 1. The summed E-state index contributed by atoms with van der Waals surface area (Å²) in [4.78, 5) is 12.1. The maximum Gasteiger partial charge on any atom is 0.255 e. The van der Waals surface area contributed by atoms with Crippen LogP contribution in [0.25, 0.3) is 0 Å². The van der Waals surface area contributed by atoms with Crippen LogP contribution in [-0.4, -0.2) is 20.9 Å². The van der Waals surface area contributed by atoms with Crippen molar-refractivity contribution in [2.45, 2.75) is 11.8 Å². The molecular formula is C15H15FN2O3S. The van der Waals surface area contributed by atoms with Crippen LogP contribution in [-0.2, 0) is 10.0 Å². The Balaban J connectivity index is 2.22. The first-order valence-corrected chi connectivity index (χ1v) is 8.07. The lowest BCUT2D eigenvalue weighted by Gasteiger charge is -2.08. The van der Waals surface area contributed by atoms with Gasteiger partial charge >= 0.3 is 0 Å². The second-order valence-electron chi connectivity index (χ2n) is 4.49. The van der Waals surface area contributed by atoms with Crippen LogP contribution in [0.2, 0.25) is 0 Å². The zero-order chi connectivity index (χ0) is 16.2. The van der Waals surface area contributed by atoms with Crippen LogP contribution in [0.15, 0.2) is 53.4 Å². The van der Waals surface area contributed by atoms with E-state index in [1.54, 1.807) is 6.92 Å². The van der Waals surface area contributed by atoms with E-state index in [2.05, 4.69) is 10.0 Å². The van der Waals surface area contributed by atoms with Crippen molar-refractivity contribution in [2.24, 2.45) is 0 Å². The van der Waals surface area contributed by atoms with Crippen LogP contribution < -0.4 is 10.0 Å². The summed E-state index contributed by atoms with van der Waals surface area (Å²) in [6, 6.07) is 11.0. The number of sulfonamides is 1. The molecular weight excluding hydrogens is 307 g/mol. The molecule has 0 heterocycles. The van der Waals surface area contributed by atoms with Crippen LogP contribution in [0.5, 0.6) is 0 Å². The van der Waals surface area contributed by atoms with Gasteiger partial charge in [0, 0.05) is 17.8 Å². The van der Waals surface area contributed by atoms with Gasteiger partial charge in [0.1, 0.15) is 5.82 Å². The van der Waals surface area contributed by atoms with Crippen molar-refractivity contribution in [2.75, 3.05) is 11.9 Å². The standard InChI is InChI=1S/C15H15FN2O3S/c1-2-17-22(20,21)14-5-3-4-11(10-14)15(19)18-13-8-6-12(16)7-9-13/h3-10,17H,2H2,1H3,(H,18,19). The van der Waals surface area contributed by atoms with Crippen molar-refractivity contribution in [3.8, 4) is 0 Å².